The van der Waals surface area contributed by atoms with E-state index in [0.29, 0.717) is 23.9 Å². The minimum atomic E-state index is 0.127. The average molecular weight is 460 g/mol. The first-order chi connectivity index (χ1) is 16.1. The first kappa shape index (κ1) is 22.6. The fraction of sp³-hybridized carbons (Fsp3) is 0.192. The zero-order valence-electron chi connectivity index (χ0n) is 18.6. The highest BCUT2D eigenvalue weighted by Gasteiger charge is 2.14. The van der Waals surface area contributed by atoms with Crippen molar-refractivity contribution in [2.75, 3.05) is 12.9 Å². The molecular weight excluding hydrogens is 434 g/mol. The standard InChI is InChI=1S/C26H25N3O3S/c1-19-27-28-26(33-18-23(30)16-20-8-12-24(31-2)13-9-20)29(19)22-10-14-25(15-11-22)32-17-21-6-4-3-5-7-21/h3-15H,16-18H2,1-2H3. The second-order valence-electron chi connectivity index (χ2n) is 7.49. The van der Waals surface area contributed by atoms with Crippen molar-refractivity contribution in [3.63, 3.8) is 0 Å². The van der Waals surface area contributed by atoms with Crippen LogP contribution in [0.4, 0.5) is 0 Å². The van der Waals surface area contributed by atoms with E-state index in [4.69, 9.17) is 9.47 Å². The molecule has 0 bridgehead atoms. The Kier molecular flexibility index (Phi) is 7.42. The summed E-state index contributed by atoms with van der Waals surface area (Å²) in [7, 11) is 1.63. The van der Waals surface area contributed by atoms with E-state index in [1.165, 1.54) is 11.8 Å². The van der Waals surface area contributed by atoms with E-state index >= 15 is 0 Å². The lowest BCUT2D eigenvalue weighted by Gasteiger charge is -2.10. The Morgan fingerprint density at radius 3 is 2.27 bits per heavy atom. The maximum Gasteiger partial charge on any atom is 0.196 e. The summed E-state index contributed by atoms with van der Waals surface area (Å²) < 4.78 is 13.0. The monoisotopic (exact) mass is 459 g/mol. The maximum absolute atomic E-state index is 12.5. The van der Waals surface area contributed by atoms with Crippen LogP contribution in [0.5, 0.6) is 11.5 Å². The number of nitrogens with zero attached hydrogens (tertiary/aromatic N) is 3. The van der Waals surface area contributed by atoms with Crippen LogP contribution in [-0.4, -0.2) is 33.4 Å². The number of aromatic nitrogens is 3. The van der Waals surface area contributed by atoms with Gasteiger partial charge in [0.05, 0.1) is 12.9 Å². The third-order valence-electron chi connectivity index (χ3n) is 5.06. The Morgan fingerprint density at radius 1 is 0.879 bits per heavy atom. The Labute approximate surface area is 197 Å². The van der Waals surface area contributed by atoms with Crippen molar-refractivity contribution >= 4 is 17.5 Å². The predicted molar refractivity (Wildman–Crippen MR) is 129 cm³/mol. The third kappa shape index (κ3) is 6.02. The zero-order chi connectivity index (χ0) is 23.0. The Hall–Kier alpha value is -3.58. The minimum Gasteiger partial charge on any atom is -0.497 e. The van der Waals surface area contributed by atoms with Gasteiger partial charge in [-0.2, -0.15) is 0 Å². The normalized spacial score (nSPS) is 10.7. The summed E-state index contributed by atoms with van der Waals surface area (Å²) in [5.41, 5.74) is 3.01. The van der Waals surface area contributed by atoms with Crippen molar-refractivity contribution < 1.29 is 14.3 Å². The number of aryl methyl sites for hydroxylation is 1. The third-order valence-corrected chi connectivity index (χ3v) is 6.05. The number of Topliss-reactive ketones (excluding diaryl/α,β-unsaturated/α-hetero) is 1. The van der Waals surface area contributed by atoms with E-state index in [9.17, 15) is 4.79 Å². The van der Waals surface area contributed by atoms with Crippen LogP contribution >= 0.6 is 11.8 Å². The first-order valence-corrected chi connectivity index (χ1v) is 11.6. The summed E-state index contributed by atoms with van der Waals surface area (Å²) in [4.78, 5) is 12.5. The number of ketones is 1. The summed E-state index contributed by atoms with van der Waals surface area (Å²) in [5.74, 6) is 2.78. The lowest BCUT2D eigenvalue weighted by molar-refractivity contribution is -0.116. The topological polar surface area (TPSA) is 66.2 Å². The van der Waals surface area contributed by atoms with Gasteiger partial charge in [-0.3, -0.25) is 9.36 Å². The van der Waals surface area contributed by atoms with E-state index < -0.39 is 0 Å². The molecule has 0 N–H and O–H groups in total. The fourth-order valence-corrected chi connectivity index (χ4v) is 4.19. The molecule has 168 valence electrons. The van der Waals surface area contributed by atoms with Gasteiger partial charge >= 0.3 is 0 Å². The molecule has 0 aliphatic rings. The molecule has 6 nitrogen and oxygen atoms in total. The first-order valence-electron chi connectivity index (χ1n) is 10.6. The number of carbonyl (C=O) groups excluding carboxylic acids is 1. The Morgan fingerprint density at radius 2 is 1.58 bits per heavy atom. The van der Waals surface area contributed by atoms with E-state index in [1.54, 1.807) is 7.11 Å². The quantitative estimate of drug-likeness (QED) is 0.309. The predicted octanol–water partition coefficient (Wildman–Crippen LogP) is 5.07. The summed E-state index contributed by atoms with van der Waals surface area (Å²) >= 11 is 1.39. The lowest BCUT2D eigenvalue weighted by Crippen LogP contribution is -2.07. The summed E-state index contributed by atoms with van der Waals surface area (Å²) in [6.45, 7) is 2.42. The Balaban J connectivity index is 1.37. The van der Waals surface area contributed by atoms with Crippen LogP contribution in [0, 0.1) is 6.92 Å². The summed E-state index contributed by atoms with van der Waals surface area (Å²) in [6.07, 6.45) is 0.373. The molecule has 1 heterocycles. The second-order valence-corrected chi connectivity index (χ2v) is 8.43. The molecule has 0 saturated heterocycles. The molecule has 0 radical (unpaired) electrons. The molecular formula is C26H25N3O3S. The molecule has 0 aliphatic carbocycles. The number of carbonyl (C=O) groups is 1. The van der Waals surface area contributed by atoms with Gasteiger partial charge in [-0.1, -0.05) is 54.2 Å². The molecule has 4 rings (SSSR count). The molecule has 3 aromatic carbocycles. The van der Waals surface area contributed by atoms with Crippen molar-refractivity contribution in [2.45, 2.75) is 25.1 Å². The minimum absolute atomic E-state index is 0.127. The Bertz CT molecular complexity index is 1190. The number of hydrogen-bond acceptors (Lipinski definition) is 6. The number of methoxy groups -OCH3 is 1. The van der Waals surface area contributed by atoms with Crippen LogP contribution < -0.4 is 9.47 Å². The van der Waals surface area contributed by atoms with Gasteiger partial charge in [0, 0.05) is 12.1 Å². The van der Waals surface area contributed by atoms with Gasteiger partial charge in [0.1, 0.15) is 29.7 Å². The highest BCUT2D eigenvalue weighted by molar-refractivity contribution is 7.99. The fourth-order valence-electron chi connectivity index (χ4n) is 3.33. The van der Waals surface area contributed by atoms with Crippen molar-refractivity contribution in [3.05, 3.63) is 95.8 Å². The van der Waals surface area contributed by atoms with E-state index in [2.05, 4.69) is 10.2 Å². The van der Waals surface area contributed by atoms with Crippen molar-refractivity contribution in [1.29, 1.82) is 0 Å². The number of benzene rings is 3. The summed E-state index contributed by atoms with van der Waals surface area (Å²) in [6, 6.07) is 25.4. The van der Waals surface area contributed by atoms with Gasteiger partial charge in [-0.05, 0) is 54.4 Å². The van der Waals surface area contributed by atoms with E-state index in [1.807, 2.05) is 90.4 Å². The van der Waals surface area contributed by atoms with Crippen molar-refractivity contribution in [1.82, 2.24) is 14.8 Å². The van der Waals surface area contributed by atoms with Crippen LogP contribution in [0.3, 0.4) is 0 Å². The van der Waals surface area contributed by atoms with Crippen LogP contribution in [0.25, 0.3) is 5.69 Å². The van der Waals surface area contributed by atoms with Gasteiger partial charge in [-0.25, -0.2) is 0 Å². The molecule has 0 amide bonds. The highest BCUT2D eigenvalue weighted by Crippen LogP contribution is 2.24. The zero-order valence-corrected chi connectivity index (χ0v) is 19.4. The molecule has 0 fully saturated rings. The van der Waals surface area contributed by atoms with Crippen LogP contribution in [0.2, 0.25) is 0 Å². The van der Waals surface area contributed by atoms with Gasteiger partial charge in [0.15, 0.2) is 5.16 Å². The van der Waals surface area contributed by atoms with E-state index in [-0.39, 0.29) is 5.78 Å². The molecule has 0 spiro atoms. The molecule has 4 aromatic rings. The number of rotatable bonds is 10. The lowest BCUT2D eigenvalue weighted by atomic mass is 10.1. The maximum atomic E-state index is 12.5. The molecule has 0 aliphatic heterocycles. The SMILES string of the molecule is COc1ccc(CC(=O)CSc2nnc(C)n2-c2ccc(OCc3ccccc3)cc2)cc1. The van der Waals surface area contributed by atoms with Crippen molar-refractivity contribution in [3.8, 4) is 17.2 Å². The molecule has 1 aromatic heterocycles. The second kappa shape index (κ2) is 10.8. The number of ether oxygens (including phenoxy) is 2. The smallest absolute Gasteiger partial charge is 0.196 e. The van der Waals surface area contributed by atoms with Gasteiger partial charge in [0.2, 0.25) is 0 Å². The summed E-state index contributed by atoms with van der Waals surface area (Å²) in [5, 5.41) is 9.16. The van der Waals surface area contributed by atoms with Gasteiger partial charge < -0.3 is 9.47 Å². The highest BCUT2D eigenvalue weighted by atomic mass is 32.2. The molecule has 33 heavy (non-hydrogen) atoms. The van der Waals surface area contributed by atoms with Crippen LogP contribution in [-0.2, 0) is 17.8 Å². The van der Waals surface area contributed by atoms with E-state index in [0.717, 1.165) is 34.1 Å². The molecule has 0 saturated carbocycles. The average Bonchev–Trinajstić information content (AvgIpc) is 3.23. The van der Waals surface area contributed by atoms with Gasteiger partial charge in [-0.15, -0.1) is 10.2 Å². The number of thioether (sulfide) groups is 1. The molecule has 0 atom stereocenters. The van der Waals surface area contributed by atoms with Crippen LogP contribution in [0.15, 0.2) is 84.0 Å². The van der Waals surface area contributed by atoms with Crippen LogP contribution in [0.1, 0.15) is 17.0 Å². The van der Waals surface area contributed by atoms with Gasteiger partial charge in [0.25, 0.3) is 0 Å². The molecule has 0 unspecified atom stereocenters. The molecule has 7 heteroatoms. The number of hydrogen-bond donors (Lipinski definition) is 0. The van der Waals surface area contributed by atoms with Crippen molar-refractivity contribution in [2.24, 2.45) is 0 Å². The largest absolute Gasteiger partial charge is 0.497 e.